The Kier molecular flexibility index (Phi) is 6.60. The Bertz CT molecular complexity index is 1220. The van der Waals surface area contributed by atoms with Gasteiger partial charge in [0.15, 0.2) is 9.84 Å². The molecule has 1 aliphatic rings. The van der Waals surface area contributed by atoms with E-state index in [0.29, 0.717) is 30.4 Å². The monoisotopic (exact) mass is 471 g/mol. The number of sulfone groups is 1. The summed E-state index contributed by atoms with van der Waals surface area (Å²) in [5, 5.41) is 7.74. The Balaban J connectivity index is 1.40. The molecule has 0 bridgehead atoms. The van der Waals surface area contributed by atoms with Crippen molar-refractivity contribution in [1.82, 2.24) is 15.1 Å². The normalized spacial score (nSPS) is 16.8. The number of likely N-dealkylation sites (tertiary alicyclic amines) is 1. The van der Waals surface area contributed by atoms with Gasteiger partial charge >= 0.3 is 0 Å². The molecule has 0 spiro atoms. The fraction of sp³-hybridized carbons (Fsp3) is 0.375. The van der Waals surface area contributed by atoms with Gasteiger partial charge in [0.25, 0.3) is 0 Å². The van der Waals surface area contributed by atoms with Crippen LogP contribution in [0.15, 0.2) is 57.8 Å². The maximum absolute atomic E-state index is 13.1. The lowest BCUT2D eigenvalue weighted by Crippen LogP contribution is -2.40. The molecule has 1 amide bonds. The predicted octanol–water partition coefficient (Wildman–Crippen LogP) is 4.01. The number of carbonyl (C=O) groups excluding carboxylic acids is 1. The van der Waals surface area contributed by atoms with Crippen LogP contribution in [0.25, 0.3) is 11.5 Å². The van der Waals surface area contributed by atoms with Crippen LogP contribution in [0, 0.1) is 5.82 Å². The number of carbonyl (C=O) groups is 1. The third-order valence-corrected chi connectivity index (χ3v) is 8.05. The summed E-state index contributed by atoms with van der Waals surface area (Å²) in [6.07, 6.45) is 1.84. The second kappa shape index (κ2) is 9.43. The van der Waals surface area contributed by atoms with Crippen molar-refractivity contribution in [2.75, 3.05) is 13.1 Å². The fourth-order valence-corrected chi connectivity index (χ4v) is 4.93. The molecule has 1 unspecified atom stereocenters. The van der Waals surface area contributed by atoms with E-state index in [-0.39, 0.29) is 29.0 Å². The van der Waals surface area contributed by atoms with Gasteiger partial charge < -0.3 is 9.32 Å². The van der Waals surface area contributed by atoms with Crippen LogP contribution in [-0.2, 0) is 21.1 Å². The minimum Gasteiger partial charge on any atom is -0.420 e. The molecule has 1 saturated heterocycles. The van der Waals surface area contributed by atoms with Crippen LogP contribution in [0.4, 0.5) is 4.39 Å². The Morgan fingerprint density at radius 3 is 2.48 bits per heavy atom. The molecule has 4 rings (SSSR count). The first kappa shape index (κ1) is 23.1. The Morgan fingerprint density at radius 2 is 1.82 bits per heavy atom. The molecule has 1 atom stereocenters. The molecule has 1 aliphatic heterocycles. The summed E-state index contributed by atoms with van der Waals surface area (Å²) >= 11 is 0. The van der Waals surface area contributed by atoms with Crippen molar-refractivity contribution in [1.29, 1.82) is 0 Å². The van der Waals surface area contributed by atoms with Crippen LogP contribution in [0.3, 0.4) is 0 Å². The Morgan fingerprint density at radius 1 is 1.12 bits per heavy atom. The van der Waals surface area contributed by atoms with Crippen LogP contribution < -0.4 is 0 Å². The molecule has 174 valence electrons. The third-order valence-electron chi connectivity index (χ3n) is 5.88. The smallest absolute Gasteiger partial charge is 0.247 e. The van der Waals surface area contributed by atoms with Crippen LogP contribution >= 0.6 is 0 Å². The van der Waals surface area contributed by atoms with Crippen molar-refractivity contribution in [3.05, 3.63) is 65.8 Å². The molecular weight excluding hydrogens is 445 g/mol. The predicted molar refractivity (Wildman–Crippen MR) is 121 cm³/mol. The molecule has 33 heavy (non-hydrogen) atoms. The number of aromatic nitrogens is 2. The summed E-state index contributed by atoms with van der Waals surface area (Å²) in [5.41, 5.74) is 1.41. The first-order valence-corrected chi connectivity index (χ1v) is 12.5. The van der Waals surface area contributed by atoms with Crippen molar-refractivity contribution >= 4 is 15.7 Å². The summed E-state index contributed by atoms with van der Waals surface area (Å²) in [5.74, 6) is 0.358. The van der Waals surface area contributed by atoms with Gasteiger partial charge in [0.2, 0.25) is 17.7 Å². The highest BCUT2D eigenvalue weighted by atomic mass is 32.2. The lowest BCUT2D eigenvalue weighted by atomic mass is 9.97. The van der Waals surface area contributed by atoms with Gasteiger partial charge in [-0.2, -0.15) is 0 Å². The molecule has 0 radical (unpaired) electrons. The lowest BCUT2D eigenvalue weighted by Gasteiger charge is -2.31. The van der Waals surface area contributed by atoms with Gasteiger partial charge in [0, 0.05) is 18.7 Å². The van der Waals surface area contributed by atoms with Crippen molar-refractivity contribution in [3.63, 3.8) is 0 Å². The van der Waals surface area contributed by atoms with Gasteiger partial charge in [-0.1, -0.05) is 12.1 Å². The molecule has 0 aliphatic carbocycles. The zero-order chi connectivity index (χ0) is 23.6. The largest absolute Gasteiger partial charge is 0.420 e. The summed E-state index contributed by atoms with van der Waals surface area (Å²) in [7, 11) is -3.34. The number of amides is 1. The van der Waals surface area contributed by atoms with E-state index < -0.39 is 15.1 Å². The second-order valence-corrected chi connectivity index (χ2v) is 11.0. The summed E-state index contributed by atoms with van der Waals surface area (Å²) in [6, 6.07) is 12.4. The van der Waals surface area contributed by atoms with Crippen molar-refractivity contribution in [2.24, 2.45) is 0 Å². The standard InChI is InChI=1S/C24H26FN3O4S/c1-16(2)33(30,31)21-11-5-17(6-12-21)14-22(29)28-13-3-4-19(15-28)24-27-26-23(32-24)18-7-9-20(25)10-8-18/h5-12,16,19H,3-4,13-15H2,1-2H3. The van der Waals surface area contributed by atoms with Gasteiger partial charge in [-0.25, -0.2) is 12.8 Å². The van der Waals surface area contributed by atoms with E-state index in [9.17, 15) is 17.6 Å². The van der Waals surface area contributed by atoms with Crippen LogP contribution in [0.5, 0.6) is 0 Å². The lowest BCUT2D eigenvalue weighted by molar-refractivity contribution is -0.131. The zero-order valence-corrected chi connectivity index (χ0v) is 19.4. The SMILES string of the molecule is CC(C)S(=O)(=O)c1ccc(CC(=O)N2CCCC(c3nnc(-c4ccc(F)cc4)o3)C2)cc1. The molecule has 2 aromatic carbocycles. The molecule has 1 aromatic heterocycles. The van der Waals surface area contributed by atoms with Gasteiger partial charge in [-0.3, -0.25) is 4.79 Å². The number of hydrogen-bond acceptors (Lipinski definition) is 6. The number of nitrogens with zero attached hydrogens (tertiary/aromatic N) is 3. The average Bonchev–Trinajstić information content (AvgIpc) is 3.30. The summed E-state index contributed by atoms with van der Waals surface area (Å²) < 4.78 is 43.5. The molecule has 3 aromatic rings. The van der Waals surface area contributed by atoms with Gasteiger partial charge in [0.05, 0.1) is 22.5 Å². The van der Waals surface area contributed by atoms with E-state index in [1.165, 1.54) is 12.1 Å². The van der Waals surface area contributed by atoms with Crippen LogP contribution in [-0.4, -0.2) is 47.8 Å². The van der Waals surface area contributed by atoms with E-state index in [1.807, 2.05) is 0 Å². The third kappa shape index (κ3) is 5.13. The topological polar surface area (TPSA) is 93.4 Å². The quantitative estimate of drug-likeness (QED) is 0.539. The minimum absolute atomic E-state index is 0.0301. The minimum atomic E-state index is -3.34. The highest BCUT2D eigenvalue weighted by molar-refractivity contribution is 7.92. The average molecular weight is 472 g/mol. The van der Waals surface area contributed by atoms with Crippen molar-refractivity contribution in [3.8, 4) is 11.5 Å². The number of piperidine rings is 1. The molecule has 9 heteroatoms. The number of halogens is 1. The van der Waals surface area contributed by atoms with E-state index in [2.05, 4.69) is 10.2 Å². The molecule has 2 heterocycles. The Labute approximate surface area is 192 Å². The first-order chi connectivity index (χ1) is 15.7. The first-order valence-electron chi connectivity index (χ1n) is 10.9. The second-order valence-electron chi connectivity index (χ2n) is 8.55. The van der Waals surface area contributed by atoms with Crippen molar-refractivity contribution < 1.29 is 22.0 Å². The molecular formula is C24H26FN3O4S. The number of hydrogen-bond donors (Lipinski definition) is 0. The maximum atomic E-state index is 13.1. The summed E-state index contributed by atoms with van der Waals surface area (Å²) in [6.45, 7) is 4.41. The van der Waals surface area contributed by atoms with Crippen LogP contribution in [0.2, 0.25) is 0 Å². The number of rotatable bonds is 6. The molecule has 7 nitrogen and oxygen atoms in total. The number of benzene rings is 2. The van der Waals surface area contributed by atoms with E-state index in [0.717, 1.165) is 18.4 Å². The van der Waals surface area contributed by atoms with E-state index in [4.69, 9.17) is 4.42 Å². The van der Waals surface area contributed by atoms with Gasteiger partial charge in [0.1, 0.15) is 5.82 Å². The fourth-order valence-electron chi connectivity index (χ4n) is 3.87. The van der Waals surface area contributed by atoms with Crippen LogP contribution in [0.1, 0.15) is 44.1 Å². The molecule has 1 fully saturated rings. The van der Waals surface area contributed by atoms with E-state index in [1.54, 1.807) is 55.1 Å². The zero-order valence-electron chi connectivity index (χ0n) is 18.6. The maximum Gasteiger partial charge on any atom is 0.247 e. The molecule has 0 saturated carbocycles. The highest BCUT2D eigenvalue weighted by Gasteiger charge is 2.28. The van der Waals surface area contributed by atoms with E-state index >= 15 is 0 Å². The highest BCUT2D eigenvalue weighted by Crippen LogP contribution is 2.29. The summed E-state index contributed by atoms with van der Waals surface area (Å²) in [4.78, 5) is 14.9. The Hall–Kier alpha value is -3.07. The van der Waals surface area contributed by atoms with Crippen molar-refractivity contribution in [2.45, 2.75) is 49.2 Å². The van der Waals surface area contributed by atoms with Gasteiger partial charge in [-0.05, 0) is 68.7 Å². The molecule has 0 N–H and O–H groups in total. The van der Waals surface area contributed by atoms with Gasteiger partial charge in [-0.15, -0.1) is 10.2 Å².